The Kier molecular flexibility index (Phi) is 7.15. The van der Waals surface area contributed by atoms with Gasteiger partial charge in [-0.1, -0.05) is 24.3 Å². The lowest BCUT2D eigenvalue weighted by atomic mass is 10.2. The van der Waals surface area contributed by atoms with E-state index in [4.69, 9.17) is 9.15 Å². The molecule has 2 N–H and O–H groups in total. The third-order valence-electron chi connectivity index (χ3n) is 4.35. The summed E-state index contributed by atoms with van der Waals surface area (Å²) >= 11 is 0. The van der Waals surface area contributed by atoms with Crippen LogP contribution in [0.2, 0.25) is 0 Å². The van der Waals surface area contributed by atoms with E-state index in [0.29, 0.717) is 23.8 Å². The number of aryl methyl sites for hydroxylation is 1. The Hall–Kier alpha value is -3.68. The van der Waals surface area contributed by atoms with Crippen molar-refractivity contribution in [2.24, 2.45) is 0 Å². The van der Waals surface area contributed by atoms with E-state index in [9.17, 15) is 14.0 Å². The second-order valence-electron chi connectivity index (χ2n) is 6.50. The summed E-state index contributed by atoms with van der Waals surface area (Å²) in [6, 6.07) is 13.5. The quantitative estimate of drug-likeness (QED) is 0.565. The van der Waals surface area contributed by atoms with Gasteiger partial charge in [0, 0.05) is 19.4 Å². The number of amides is 2. The summed E-state index contributed by atoms with van der Waals surface area (Å²) in [5.41, 5.74) is 1.24. The van der Waals surface area contributed by atoms with Crippen molar-refractivity contribution in [2.45, 2.75) is 19.4 Å². The van der Waals surface area contributed by atoms with E-state index in [1.165, 1.54) is 12.3 Å². The molecule has 1 heterocycles. The minimum Gasteiger partial charge on any atom is -0.497 e. The van der Waals surface area contributed by atoms with Crippen molar-refractivity contribution in [1.29, 1.82) is 0 Å². The molecule has 0 unspecified atom stereocenters. The van der Waals surface area contributed by atoms with Gasteiger partial charge in [-0.2, -0.15) is 0 Å². The zero-order valence-electron chi connectivity index (χ0n) is 16.5. The largest absolute Gasteiger partial charge is 0.497 e. The Balaban J connectivity index is 1.38. The zero-order valence-corrected chi connectivity index (χ0v) is 16.5. The third-order valence-corrected chi connectivity index (χ3v) is 4.35. The van der Waals surface area contributed by atoms with E-state index < -0.39 is 5.82 Å². The number of aromatic nitrogens is 1. The van der Waals surface area contributed by atoms with Crippen molar-refractivity contribution in [3.8, 4) is 17.1 Å². The van der Waals surface area contributed by atoms with Crippen LogP contribution in [-0.4, -0.2) is 30.5 Å². The second kappa shape index (κ2) is 10.2. The molecule has 0 saturated heterocycles. The second-order valence-corrected chi connectivity index (χ2v) is 6.50. The summed E-state index contributed by atoms with van der Waals surface area (Å²) < 4.78 is 24.4. The fourth-order valence-electron chi connectivity index (χ4n) is 2.71. The van der Waals surface area contributed by atoms with Crippen LogP contribution in [0.25, 0.3) is 11.3 Å². The number of carbonyl (C=O) groups is 2. The Morgan fingerprint density at radius 3 is 2.57 bits per heavy atom. The fourth-order valence-corrected chi connectivity index (χ4v) is 2.71. The highest BCUT2D eigenvalue weighted by atomic mass is 19.1. The minimum atomic E-state index is -0.404. The highest BCUT2D eigenvalue weighted by molar-refractivity contribution is 5.84. The molecule has 0 fully saturated rings. The van der Waals surface area contributed by atoms with Gasteiger partial charge in [-0.3, -0.25) is 9.59 Å². The summed E-state index contributed by atoms with van der Waals surface area (Å²) in [6.45, 7) is 0.231. The summed E-state index contributed by atoms with van der Waals surface area (Å²) in [5, 5.41) is 5.29. The first-order valence-corrected chi connectivity index (χ1v) is 9.41. The molecule has 0 spiro atoms. The molecule has 0 aliphatic heterocycles. The van der Waals surface area contributed by atoms with Gasteiger partial charge in [-0.05, 0) is 29.8 Å². The standard InChI is InChI=1S/C22H22FN3O4/c1-29-16-8-6-15(7-9-16)12-24-21(28)14-25-20(27)10-11-22-26-13-19(30-22)17-4-2-3-5-18(17)23/h2-9,13H,10-12,14H2,1H3,(H,24,28)(H,25,27). The van der Waals surface area contributed by atoms with Gasteiger partial charge in [0.25, 0.3) is 0 Å². The highest BCUT2D eigenvalue weighted by Gasteiger charge is 2.12. The maximum absolute atomic E-state index is 13.8. The molecule has 30 heavy (non-hydrogen) atoms. The minimum absolute atomic E-state index is 0.100. The molecule has 2 aromatic carbocycles. The van der Waals surface area contributed by atoms with Crippen LogP contribution >= 0.6 is 0 Å². The van der Waals surface area contributed by atoms with Crippen LogP contribution in [0.1, 0.15) is 17.9 Å². The zero-order chi connectivity index (χ0) is 21.3. The fraction of sp³-hybridized carbons (Fsp3) is 0.227. The maximum atomic E-state index is 13.8. The van der Waals surface area contributed by atoms with E-state index in [2.05, 4.69) is 15.6 Å². The number of nitrogens with one attached hydrogen (secondary N) is 2. The predicted octanol–water partition coefficient (Wildman–Crippen LogP) is 2.85. The highest BCUT2D eigenvalue weighted by Crippen LogP contribution is 2.23. The molecule has 0 radical (unpaired) electrons. The van der Waals surface area contributed by atoms with Crippen LogP contribution in [0, 0.1) is 5.82 Å². The number of carbonyl (C=O) groups excluding carboxylic acids is 2. The van der Waals surface area contributed by atoms with Gasteiger partial charge in [-0.25, -0.2) is 9.37 Å². The van der Waals surface area contributed by atoms with Crippen LogP contribution in [0.5, 0.6) is 5.75 Å². The Labute approximate surface area is 173 Å². The summed E-state index contributed by atoms with van der Waals surface area (Å²) in [5.74, 6) is 0.370. The van der Waals surface area contributed by atoms with E-state index >= 15 is 0 Å². The van der Waals surface area contributed by atoms with Gasteiger partial charge in [0.05, 0.1) is 25.4 Å². The number of halogens is 1. The van der Waals surface area contributed by atoms with Crippen LogP contribution in [0.3, 0.4) is 0 Å². The number of benzene rings is 2. The molecule has 0 bridgehead atoms. The lowest BCUT2D eigenvalue weighted by molar-refractivity contribution is -0.126. The van der Waals surface area contributed by atoms with Gasteiger partial charge in [0.15, 0.2) is 11.7 Å². The molecule has 156 valence electrons. The van der Waals surface area contributed by atoms with Gasteiger partial charge in [-0.15, -0.1) is 0 Å². The first-order chi connectivity index (χ1) is 14.5. The number of hydrogen-bond donors (Lipinski definition) is 2. The molecule has 0 saturated carbocycles. The molecule has 2 amide bonds. The molecule has 3 rings (SSSR count). The lowest BCUT2D eigenvalue weighted by Gasteiger charge is -2.07. The molecule has 0 aliphatic carbocycles. The lowest BCUT2D eigenvalue weighted by Crippen LogP contribution is -2.36. The average molecular weight is 411 g/mol. The predicted molar refractivity (Wildman–Crippen MR) is 108 cm³/mol. The monoisotopic (exact) mass is 411 g/mol. The maximum Gasteiger partial charge on any atom is 0.239 e. The van der Waals surface area contributed by atoms with Crippen molar-refractivity contribution >= 4 is 11.8 Å². The van der Waals surface area contributed by atoms with Crippen molar-refractivity contribution in [1.82, 2.24) is 15.6 Å². The topological polar surface area (TPSA) is 93.5 Å². The number of hydrogen-bond acceptors (Lipinski definition) is 5. The number of methoxy groups -OCH3 is 1. The van der Waals surface area contributed by atoms with Crippen molar-refractivity contribution < 1.29 is 23.1 Å². The van der Waals surface area contributed by atoms with Gasteiger partial charge in [0.1, 0.15) is 11.6 Å². The normalized spacial score (nSPS) is 10.5. The van der Waals surface area contributed by atoms with Crippen LogP contribution in [-0.2, 0) is 22.6 Å². The number of oxazole rings is 1. The van der Waals surface area contributed by atoms with E-state index in [0.717, 1.165) is 11.3 Å². The van der Waals surface area contributed by atoms with Crippen molar-refractivity contribution in [3.63, 3.8) is 0 Å². The van der Waals surface area contributed by atoms with Gasteiger partial charge in [0.2, 0.25) is 11.8 Å². The summed E-state index contributed by atoms with van der Waals surface area (Å²) in [6.07, 6.45) is 1.77. The summed E-state index contributed by atoms with van der Waals surface area (Å²) in [7, 11) is 1.59. The van der Waals surface area contributed by atoms with Crippen molar-refractivity contribution in [2.75, 3.05) is 13.7 Å². The molecule has 0 atom stereocenters. The van der Waals surface area contributed by atoms with E-state index in [1.807, 2.05) is 24.3 Å². The smallest absolute Gasteiger partial charge is 0.239 e. The molecule has 8 heteroatoms. The van der Waals surface area contributed by atoms with Crippen LogP contribution < -0.4 is 15.4 Å². The molecule has 1 aromatic heterocycles. The molecule has 3 aromatic rings. The summed E-state index contributed by atoms with van der Waals surface area (Å²) in [4.78, 5) is 27.9. The molecular formula is C22H22FN3O4. The van der Waals surface area contributed by atoms with Crippen molar-refractivity contribution in [3.05, 3.63) is 72.0 Å². The number of nitrogens with zero attached hydrogens (tertiary/aromatic N) is 1. The van der Waals surface area contributed by atoms with Crippen LogP contribution in [0.15, 0.2) is 59.1 Å². The van der Waals surface area contributed by atoms with Crippen LogP contribution in [0.4, 0.5) is 4.39 Å². The van der Waals surface area contributed by atoms with Gasteiger partial charge < -0.3 is 19.8 Å². The molecule has 0 aliphatic rings. The Morgan fingerprint density at radius 2 is 1.83 bits per heavy atom. The average Bonchev–Trinajstić information content (AvgIpc) is 3.24. The SMILES string of the molecule is COc1ccc(CNC(=O)CNC(=O)CCc2ncc(-c3ccccc3F)o2)cc1. The Morgan fingerprint density at radius 1 is 1.07 bits per heavy atom. The Bertz CT molecular complexity index is 1000. The first kappa shape index (κ1) is 21.0. The first-order valence-electron chi connectivity index (χ1n) is 9.41. The van der Waals surface area contributed by atoms with Gasteiger partial charge >= 0.3 is 0 Å². The van der Waals surface area contributed by atoms with E-state index in [1.54, 1.807) is 25.3 Å². The molecule has 7 nitrogen and oxygen atoms in total. The molecular weight excluding hydrogens is 389 g/mol. The third kappa shape index (κ3) is 5.91. The number of rotatable bonds is 9. The van der Waals surface area contributed by atoms with E-state index in [-0.39, 0.29) is 31.2 Å². The number of ether oxygens (including phenoxy) is 1.